The van der Waals surface area contributed by atoms with Crippen LogP contribution in [0.25, 0.3) is 0 Å². The lowest BCUT2D eigenvalue weighted by molar-refractivity contribution is -0.140. The summed E-state index contributed by atoms with van der Waals surface area (Å²) in [6.07, 6.45) is -1.80. The lowest BCUT2D eigenvalue weighted by Gasteiger charge is -1.96. The quantitative estimate of drug-likeness (QED) is 0.507. The standard InChI is InChI=1S/C5H4O5/c6-4(7)1-2-3(1)10-5(8)9-2/h1-3H,(H,6,7). The Labute approximate surface area is 55.5 Å². The van der Waals surface area contributed by atoms with Crippen molar-refractivity contribution in [3.8, 4) is 0 Å². The first kappa shape index (κ1) is 5.52. The molecule has 1 aliphatic carbocycles. The minimum absolute atomic E-state index is 0.523. The molecule has 2 aliphatic rings. The molecule has 5 heteroatoms. The topological polar surface area (TPSA) is 72.8 Å². The number of rotatable bonds is 1. The lowest BCUT2D eigenvalue weighted by Crippen LogP contribution is -2.12. The van der Waals surface area contributed by atoms with Crippen molar-refractivity contribution in [1.82, 2.24) is 0 Å². The Morgan fingerprint density at radius 1 is 1.40 bits per heavy atom. The Bertz CT molecular complexity index is 196. The van der Waals surface area contributed by atoms with E-state index in [1.54, 1.807) is 0 Å². The third kappa shape index (κ3) is 0.516. The van der Waals surface area contributed by atoms with Gasteiger partial charge in [-0.05, 0) is 0 Å². The van der Waals surface area contributed by atoms with E-state index in [9.17, 15) is 9.59 Å². The van der Waals surface area contributed by atoms with Crippen LogP contribution in [0.2, 0.25) is 0 Å². The van der Waals surface area contributed by atoms with Crippen LogP contribution in [0.4, 0.5) is 4.79 Å². The molecular weight excluding hydrogens is 140 g/mol. The van der Waals surface area contributed by atoms with Crippen molar-refractivity contribution < 1.29 is 24.2 Å². The highest BCUT2D eigenvalue weighted by Crippen LogP contribution is 2.42. The fourth-order valence-corrected chi connectivity index (χ4v) is 1.07. The Hall–Kier alpha value is -1.26. The van der Waals surface area contributed by atoms with Gasteiger partial charge in [-0.15, -0.1) is 0 Å². The number of carbonyl (C=O) groups is 2. The summed E-state index contributed by atoms with van der Waals surface area (Å²) in [7, 11) is 0. The van der Waals surface area contributed by atoms with E-state index in [2.05, 4.69) is 9.47 Å². The molecule has 1 N–H and O–H groups in total. The molecule has 0 aromatic rings. The molecule has 2 atom stereocenters. The first-order valence-electron chi connectivity index (χ1n) is 2.80. The zero-order chi connectivity index (χ0) is 7.30. The van der Waals surface area contributed by atoms with Crippen molar-refractivity contribution in [3.63, 3.8) is 0 Å². The lowest BCUT2D eigenvalue weighted by atomic mass is 10.4. The molecule has 1 heterocycles. The van der Waals surface area contributed by atoms with E-state index in [0.29, 0.717) is 0 Å². The normalized spacial score (nSPS) is 41.6. The average Bonchev–Trinajstić information content (AvgIpc) is 2.32. The van der Waals surface area contributed by atoms with E-state index in [0.717, 1.165) is 0 Å². The van der Waals surface area contributed by atoms with Gasteiger partial charge in [0.2, 0.25) is 0 Å². The van der Waals surface area contributed by atoms with Crippen molar-refractivity contribution in [2.24, 2.45) is 5.92 Å². The summed E-state index contributed by atoms with van der Waals surface area (Å²) in [5, 5.41) is 8.37. The third-order valence-electron chi connectivity index (χ3n) is 1.64. The van der Waals surface area contributed by atoms with Gasteiger partial charge in [-0.25, -0.2) is 4.79 Å². The number of ether oxygens (including phenoxy) is 2. The van der Waals surface area contributed by atoms with Crippen LogP contribution in [0.3, 0.4) is 0 Å². The van der Waals surface area contributed by atoms with Crippen molar-refractivity contribution in [2.45, 2.75) is 12.2 Å². The van der Waals surface area contributed by atoms with Gasteiger partial charge in [-0.2, -0.15) is 0 Å². The fourth-order valence-electron chi connectivity index (χ4n) is 1.07. The average molecular weight is 144 g/mol. The number of hydrogen-bond acceptors (Lipinski definition) is 4. The Kier molecular flexibility index (Phi) is 0.783. The van der Waals surface area contributed by atoms with E-state index in [1.807, 2.05) is 0 Å². The van der Waals surface area contributed by atoms with Gasteiger partial charge in [0.15, 0.2) is 12.2 Å². The molecule has 1 saturated heterocycles. The molecule has 5 nitrogen and oxygen atoms in total. The molecule has 2 rings (SSSR count). The summed E-state index contributed by atoms with van der Waals surface area (Å²) in [5.41, 5.74) is 0. The largest absolute Gasteiger partial charge is 0.509 e. The maximum absolute atomic E-state index is 10.2. The summed E-state index contributed by atoms with van der Waals surface area (Å²) in [4.78, 5) is 20.4. The molecule has 0 amide bonds. The highest BCUT2D eigenvalue weighted by atomic mass is 16.8. The maximum Gasteiger partial charge on any atom is 0.509 e. The van der Waals surface area contributed by atoms with E-state index < -0.39 is 30.3 Å². The second kappa shape index (κ2) is 1.42. The number of hydrogen-bond donors (Lipinski definition) is 1. The molecule has 0 bridgehead atoms. The highest BCUT2D eigenvalue weighted by molar-refractivity contribution is 5.79. The van der Waals surface area contributed by atoms with Crippen LogP contribution in [0.15, 0.2) is 0 Å². The van der Waals surface area contributed by atoms with Crippen molar-refractivity contribution in [1.29, 1.82) is 0 Å². The summed E-state index contributed by atoms with van der Waals surface area (Å²) in [6.45, 7) is 0. The molecular formula is C5H4O5. The minimum atomic E-state index is -0.970. The second-order valence-corrected chi connectivity index (χ2v) is 2.28. The van der Waals surface area contributed by atoms with Gasteiger partial charge in [-0.3, -0.25) is 4.79 Å². The van der Waals surface area contributed by atoms with Crippen molar-refractivity contribution >= 4 is 12.1 Å². The van der Waals surface area contributed by atoms with E-state index >= 15 is 0 Å². The van der Waals surface area contributed by atoms with Gasteiger partial charge in [0, 0.05) is 0 Å². The molecule has 1 saturated carbocycles. The third-order valence-corrected chi connectivity index (χ3v) is 1.64. The first-order chi connectivity index (χ1) is 4.70. The van der Waals surface area contributed by atoms with Gasteiger partial charge < -0.3 is 14.6 Å². The van der Waals surface area contributed by atoms with Crippen LogP contribution < -0.4 is 0 Å². The second-order valence-electron chi connectivity index (χ2n) is 2.28. The van der Waals surface area contributed by atoms with Crippen molar-refractivity contribution in [3.05, 3.63) is 0 Å². The van der Waals surface area contributed by atoms with Gasteiger partial charge in [0.25, 0.3) is 0 Å². The molecule has 54 valence electrons. The summed E-state index contributed by atoms with van der Waals surface area (Å²) in [5.74, 6) is -1.60. The number of carboxylic acids is 1. The van der Waals surface area contributed by atoms with E-state index in [1.165, 1.54) is 0 Å². The van der Waals surface area contributed by atoms with Gasteiger partial charge in [0.1, 0.15) is 5.92 Å². The van der Waals surface area contributed by atoms with Crippen LogP contribution in [-0.4, -0.2) is 29.4 Å². The number of carbonyl (C=O) groups excluding carboxylic acids is 1. The monoisotopic (exact) mass is 144 g/mol. The Morgan fingerprint density at radius 2 is 1.90 bits per heavy atom. The maximum atomic E-state index is 10.2. The van der Waals surface area contributed by atoms with Crippen LogP contribution in [0, 0.1) is 5.92 Å². The summed E-state index contributed by atoms with van der Waals surface area (Å²) in [6, 6.07) is 0. The predicted octanol–water partition coefficient (Wildman–Crippen LogP) is -0.395. The zero-order valence-electron chi connectivity index (χ0n) is 4.81. The van der Waals surface area contributed by atoms with E-state index in [4.69, 9.17) is 5.11 Å². The van der Waals surface area contributed by atoms with Crippen molar-refractivity contribution in [2.75, 3.05) is 0 Å². The molecule has 0 aromatic carbocycles. The number of carboxylic acid groups (broad SMARTS) is 1. The summed E-state index contributed by atoms with van der Waals surface area (Å²) < 4.78 is 8.93. The highest BCUT2D eigenvalue weighted by Gasteiger charge is 2.66. The van der Waals surface area contributed by atoms with Gasteiger partial charge in [0.05, 0.1) is 0 Å². The zero-order valence-corrected chi connectivity index (χ0v) is 4.81. The number of fused-ring (bicyclic) bond motifs is 1. The van der Waals surface area contributed by atoms with Gasteiger partial charge in [-0.1, -0.05) is 0 Å². The number of aliphatic carboxylic acids is 1. The first-order valence-corrected chi connectivity index (χ1v) is 2.80. The minimum Gasteiger partial charge on any atom is -0.481 e. The van der Waals surface area contributed by atoms with Crippen LogP contribution in [0.5, 0.6) is 0 Å². The van der Waals surface area contributed by atoms with Gasteiger partial charge >= 0.3 is 12.1 Å². The molecule has 2 fully saturated rings. The Balaban J connectivity index is 2.04. The van der Waals surface area contributed by atoms with Crippen LogP contribution >= 0.6 is 0 Å². The smallest absolute Gasteiger partial charge is 0.481 e. The predicted molar refractivity (Wildman–Crippen MR) is 26.3 cm³/mol. The van der Waals surface area contributed by atoms with Crippen LogP contribution in [-0.2, 0) is 14.3 Å². The fraction of sp³-hybridized carbons (Fsp3) is 0.600. The molecule has 0 spiro atoms. The summed E-state index contributed by atoms with van der Waals surface area (Å²) >= 11 is 0. The van der Waals surface area contributed by atoms with Crippen LogP contribution in [0.1, 0.15) is 0 Å². The SMILES string of the molecule is O=C1OC2C(O1)C2C(=O)O. The Morgan fingerprint density at radius 3 is 2.30 bits per heavy atom. The molecule has 0 aromatic heterocycles. The molecule has 2 unspecified atom stereocenters. The molecule has 0 radical (unpaired) electrons. The molecule has 1 aliphatic heterocycles. The molecule has 10 heavy (non-hydrogen) atoms. The van der Waals surface area contributed by atoms with E-state index in [-0.39, 0.29) is 0 Å².